The van der Waals surface area contributed by atoms with E-state index in [1.165, 1.54) is 12.3 Å². The second kappa shape index (κ2) is 8.62. The number of nitrogens with zero attached hydrogens (tertiary/aromatic N) is 4. The van der Waals surface area contributed by atoms with Crippen molar-refractivity contribution in [3.8, 4) is 11.1 Å². The van der Waals surface area contributed by atoms with Gasteiger partial charge in [0.25, 0.3) is 5.91 Å². The van der Waals surface area contributed by atoms with Crippen molar-refractivity contribution in [3.63, 3.8) is 0 Å². The number of hydrogen-bond donors (Lipinski definition) is 0. The molecule has 36 heavy (non-hydrogen) atoms. The molecule has 0 unspecified atom stereocenters. The molecule has 0 bridgehead atoms. The molecule has 2 aliphatic rings. The number of anilines is 1. The van der Waals surface area contributed by atoms with E-state index in [0.717, 1.165) is 18.1 Å². The van der Waals surface area contributed by atoms with E-state index in [9.17, 15) is 13.6 Å². The lowest BCUT2D eigenvalue weighted by Gasteiger charge is -2.53. The molecule has 0 radical (unpaired) electrons. The normalized spacial score (nSPS) is 19.2. The van der Waals surface area contributed by atoms with E-state index >= 15 is 4.39 Å². The first-order valence-electron chi connectivity index (χ1n) is 11.9. The number of aromatic nitrogens is 2. The Morgan fingerprint density at radius 2 is 1.78 bits per heavy atom. The smallest absolute Gasteiger partial charge is 0.257 e. The molecule has 2 aliphatic heterocycles. The van der Waals surface area contributed by atoms with Gasteiger partial charge in [0, 0.05) is 25.6 Å². The number of likely N-dealkylation sites (tertiary alicyclic amines) is 1. The Kier molecular flexibility index (Phi) is 5.39. The number of aryl methyl sites for hydroxylation is 1. The molecule has 0 N–H and O–H groups in total. The maximum Gasteiger partial charge on any atom is 0.257 e. The highest BCUT2D eigenvalue weighted by molar-refractivity contribution is 6.02. The van der Waals surface area contributed by atoms with Crippen LogP contribution in [-0.2, 0) is 0 Å². The van der Waals surface area contributed by atoms with Crippen LogP contribution in [0.1, 0.15) is 22.3 Å². The van der Waals surface area contributed by atoms with E-state index in [2.05, 4.69) is 9.97 Å². The maximum atomic E-state index is 15.4. The summed E-state index contributed by atoms with van der Waals surface area (Å²) in [4.78, 5) is 26.0. The minimum atomic E-state index is -1.02. The number of amides is 1. The highest BCUT2D eigenvalue weighted by Crippen LogP contribution is 2.37. The Hall–Kier alpha value is -3.94. The van der Waals surface area contributed by atoms with Crippen LogP contribution in [0.5, 0.6) is 0 Å². The van der Waals surface area contributed by atoms with E-state index in [1.54, 1.807) is 24.0 Å². The second-order valence-corrected chi connectivity index (χ2v) is 9.46. The van der Waals surface area contributed by atoms with Crippen molar-refractivity contribution in [3.05, 3.63) is 89.4 Å². The van der Waals surface area contributed by atoms with Crippen molar-refractivity contribution in [2.24, 2.45) is 5.92 Å². The van der Waals surface area contributed by atoms with E-state index in [1.807, 2.05) is 35.2 Å². The van der Waals surface area contributed by atoms with Gasteiger partial charge >= 0.3 is 0 Å². The third-order valence-electron chi connectivity index (χ3n) is 7.36. The summed E-state index contributed by atoms with van der Waals surface area (Å²) >= 11 is 0. The number of benzene rings is 3. The van der Waals surface area contributed by atoms with Gasteiger partial charge in [-0.05, 0) is 42.2 Å². The molecular formula is C28H23F3N4O. The molecular weight excluding hydrogens is 465 g/mol. The van der Waals surface area contributed by atoms with Crippen LogP contribution >= 0.6 is 0 Å². The first kappa shape index (κ1) is 22.5. The minimum Gasteiger partial charge on any atom is -0.353 e. The van der Waals surface area contributed by atoms with Gasteiger partial charge in [-0.1, -0.05) is 42.5 Å². The van der Waals surface area contributed by atoms with Crippen LogP contribution in [0.4, 0.5) is 19.0 Å². The van der Waals surface area contributed by atoms with Crippen LogP contribution in [0.25, 0.3) is 22.2 Å². The molecule has 5 nitrogen and oxygen atoms in total. The van der Waals surface area contributed by atoms with Gasteiger partial charge in [0.05, 0.1) is 23.3 Å². The quantitative estimate of drug-likeness (QED) is 0.389. The number of piperidine rings is 1. The number of fused-ring (bicyclic) bond motifs is 2. The fraction of sp³-hybridized carbons (Fsp3) is 0.250. The Morgan fingerprint density at radius 1 is 0.972 bits per heavy atom. The number of carbonyl (C=O) groups excluding carboxylic acids is 1. The van der Waals surface area contributed by atoms with E-state index in [0.29, 0.717) is 42.5 Å². The molecule has 0 aliphatic carbocycles. The fourth-order valence-electron chi connectivity index (χ4n) is 5.30. The summed E-state index contributed by atoms with van der Waals surface area (Å²) in [7, 11) is 0. The van der Waals surface area contributed by atoms with Crippen molar-refractivity contribution < 1.29 is 18.0 Å². The monoisotopic (exact) mass is 488 g/mol. The van der Waals surface area contributed by atoms with Gasteiger partial charge in [-0.2, -0.15) is 0 Å². The first-order chi connectivity index (χ1) is 17.4. The van der Waals surface area contributed by atoms with Crippen LogP contribution in [0.3, 0.4) is 0 Å². The molecule has 3 heterocycles. The summed E-state index contributed by atoms with van der Waals surface area (Å²) in [5.74, 6) is -1.94. The summed E-state index contributed by atoms with van der Waals surface area (Å²) in [6.45, 7) is 3.46. The molecule has 0 spiro atoms. The van der Waals surface area contributed by atoms with Crippen molar-refractivity contribution in [2.75, 3.05) is 24.5 Å². The molecule has 2 saturated heterocycles. The lowest BCUT2D eigenvalue weighted by molar-refractivity contribution is 0.00749. The predicted molar refractivity (Wildman–Crippen MR) is 131 cm³/mol. The zero-order valence-electron chi connectivity index (χ0n) is 19.6. The zero-order chi connectivity index (χ0) is 25.0. The molecule has 182 valence electrons. The Morgan fingerprint density at radius 3 is 2.58 bits per heavy atom. The molecule has 1 amide bonds. The summed E-state index contributed by atoms with van der Waals surface area (Å²) in [6, 6.07) is 15.2. The van der Waals surface area contributed by atoms with Gasteiger partial charge in [-0.25, -0.2) is 23.1 Å². The van der Waals surface area contributed by atoms with Gasteiger partial charge in [0.2, 0.25) is 0 Å². The van der Waals surface area contributed by atoms with E-state index < -0.39 is 17.5 Å². The molecule has 2 atom stereocenters. The maximum absolute atomic E-state index is 15.4. The second-order valence-electron chi connectivity index (χ2n) is 9.46. The van der Waals surface area contributed by atoms with E-state index in [-0.39, 0.29) is 28.5 Å². The van der Waals surface area contributed by atoms with Crippen LogP contribution in [0, 0.1) is 30.3 Å². The van der Waals surface area contributed by atoms with Crippen LogP contribution in [0.15, 0.2) is 60.8 Å². The Labute approximate surface area is 206 Å². The topological polar surface area (TPSA) is 49.3 Å². The average Bonchev–Trinajstić information content (AvgIpc) is 2.88. The lowest BCUT2D eigenvalue weighted by atomic mass is 9.81. The van der Waals surface area contributed by atoms with Crippen LogP contribution < -0.4 is 4.90 Å². The van der Waals surface area contributed by atoms with Crippen LogP contribution in [-0.4, -0.2) is 46.5 Å². The van der Waals surface area contributed by atoms with Crippen molar-refractivity contribution in [1.82, 2.24) is 14.9 Å². The SMILES string of the molecule is Cc1ccc(-c2ccccc2)c(C(=O)N2C[C@H]3CCN(c4cnc5c(F)c(F)ccc5n4)C[C@H]32)c1F. The van der Waals surface area contributed by atoms with Gasteiger partial charge in [-0.15, -0.1) is 0 Å². The van der Waals surface area contributed by atoms with Crippen LogP contribution in [0.2, 0.25) is 0 Å². The molecule has 8 heteroatoms. The molecule has 0 saturated carbocycles. The van der Waals surface area contributed by atoms with E-state index in [4.69, 9.17) is 0 Å². The third kappa shape index (κ3) is 3.59. The largest absolute Gasteiger partial charge is 0.353 e. The highest BCUT2D eigenvalue weighted by atomic mass is 19.2. The average molecular weight is 489 g/mol. The highest BCUT2D eigenvalue weighted by Gasteiger charge is 2.46. The zero-order valence-corrected chi connectivity index (χ0v) is 19.6. The standard InChI is InChI=1S/C28H23F3N4O/c1-16-7-8-19(17-5-3-2-4-6-17)24(25(16)30)28(36)35-14-18-11-12-34(15-22(18)35)23-13-32-27-21(33-23)10-9-20(29)26(27)31/h2-10,13,18,22H,11-12,14-15H2,1H3/t18-,22-/m1/s1. The van der Waals surface area contributed by atoms with Crippen molar-refractivity contribution >= 4 is 22.8 Å². The summed E-state index contributed by atoms with van der Waals surface area (Å²) in [5.41, 5.74) is 2.05. The summed E-state index contributed by atoms with van der Waals surface area (Å²) < 4.78 is 42.9. The van der Waals surface area contributed by atoms with Gasteiger partial charge < -0.3 is 9.80 Å². The number of carbonyl (C=O) groups is 1. The first-order valence-corrected chi connectivity index (χ1v) is 11.9. The summed E-state index contributed by atoms with van der Waals surface area (Å²) in [6.07, 6.45) is 2.28. The number of hydrogen-bond acceptors (Lipinski definition) is 4. The van der Waals surface area contributed by atoms with Gasteiger partial charge in [0.15, 0.2) is 11.6 Å². The Balaban J connectivity index is 1.29. The number of rotatable bonds is 3. The summed E-state index contributed by atoms with van der Waals surface area (Å²) in [5, 5.41) is 0. The Bertz CT molecular complexity index is 1490. The predicted octanol–water partition coefficient (Wildman–Crippen LogP) is 5.37. The molecule has 4 aromatic rings. The lowest BCUT2D eigenvalue weighted by Crippen LogP contribution is -2.66. The van der Waals surface area contributed by atoms with Crippen molar-refractivity contribution in [1.29, 1.82) is 0 Å². The molecule has 6 rings (SSSR count). The van der Waals surface area contributed by atoms with Gasteiger partial charge in [-0.3, -0.25) is 4.79 Å². The number of halogens is 3. The molecule has 3 aromatic carbocycles. The molecule has 1 aromatic heterocycles. The minimum absolute atomic E-state index is 0.0970. The third-order valence-corrected chi connectivity index (χ3v) is 7.36. The molecule has 2 fully saturated rings. The van der Waals surface area contributed by atoms with Crippen molar-refractivity contribution in [2.45, 2.75) is 19.4 Å². The fourth-order valence-corrected chi connectivity index (χ4v) is 5.30. The van der Waals surface area contributed by atoms with Gasteiger partial charge in [0.1, 0.15) is 17.2 Å².